The molecule has 0 aromatic carbocycles. The number of ketones is 1. The molecule has 4 heteroatoms. The maximum absolute atomic E-state index is 10.9. The van der Waals surface area contributed by atoms with Crippen molar-refractivity contribution in [3.05, 3.63) is 12.2 Å². The number of hydrogen-bond acceptors (Lipinski definition) is 4. The maximum atomic E-state index is 10.9. The van der Waals surface area contributed by atoms with E-state index in [4.69, 9.17) is 5.73 Å². The van der Waals surface area contributed by atoms with E-state index in [0.29, 0.717) is 12.9 Å². The summed E-state index contributed by atoms with van der Waals surface area (Å²) in [7, 11) is 0. The second-order valence-electron chi connectivity index (χ2n) is 2.32. The minimum Gasteiger partial charge on any atom is -0.458 e. The molecule has 0 aromatic rings. The SMILES string of the molecule is N[C@@H]1C(=O)CC=C[C@H]1OC=O. The molecule has 1 aliphatic rings. The molecule has 2 atom stereocenters. The number of carbonyl (C=O) groups excluding carboxylic acids is 2. The molecule has 0 bridgehead atoms. The fourth-order valence-electron chi connectivity index (χ4n) is 0.951. The van der Waals surface area contributed by atoms with Crippen LogP contribution in [0.5, 0.6) is 0 Å². The topological polar surface area (TPSA) is 69.4 Å². The van der Waals surface area contributed by atoms with E-state index in [-0.39, 0.29) is 5.78 Å². The maximum Gasteiger partial charge on any atom is 0.293 e. The first-order valence-electron chi connectivity index (χ1n) is 3.30. The summed E-state index contributed by atoms with van der Waals surface area (Å²) in [4.78, 5) is 20.8. The second-order valence-corrected chi connectivity index (χ2v) is 2.32. The third-order valence-electron chi connectivity index (χ3n) is 1.58. The average molecular weight is 155 g/mol. The molecule has 0 aromatic heterocycles. The Morgan fingerprint density at radius 2 is 2.45 bits per heavy atom. The molecule has 0 radical (unpaired) electrons. The average Bonchev–Trinajstić information content (AvgIpc) is 1.99. The Morgan fingerprint density at radius 3 is 3.09 bits per heavy atom. The molecular formula is C7H9NO3. The van der Waals surface area contributed by atoms with Gasteiger partial charge in [-0.15, -0.1) is 0 Å². The highest BCUT2D eigenvalue weighted by atomic mass is 16.5. The van der Waals surface area contributed by atoms with E-state index in [9.17, 15) is 9.59 Å². The summed E-state index contributed by atoms with van der Waals surface area (Å²) < 4.78 is 4.55. The Morgan fingerprint density at radius 1 is 1.73 bits per heavy atom. The molecule has 0 amide bonds. The van der Waals surface area contributed by atoms with Crippen LogP contribution in [0.2, 0.25) is 0 Å². The number of ether oxygens (including phenoxy) is 1. The molecule has 2 N–H and O–H groups in total. The Hall–Kier alpha value is -1.16. The predicted octanol–water partition coefficient (Wildman–Crippen LogP) is -0.616. The molecule has 0 unspecified atom stereocenters. The Balaban J connectivity index is 2.64. The zero-order valence-electron chi connectivity index (χ0n) is 5.90. The van der Waals surface area contributed by atoms with Crippen LogP contribution in [0.4, 0.5) is 0 Å². The highest BCUT2D eigenvalue weighted by molar-refractivity contribution is 5.87. The lowest BCUT2D eigenvalue weighted by atomic mass is 9.99. The largest absolute Gasteiger partial charge is 0.458 e. The van der Waals surface area contributed by atoms with E-state index in [1.165, 1.54) is 0 Å². The molecule has 0 saturated carbocycles. The number of Topliss-reactive ketones (excluding diaryl/α,β-unsaturated/α-hetero) is 1. The lowest BCUT2D eigenvalue weighted by Gasteiger charge is -2.20. The predicted molar refractivity (Wildman–Crippen MR) is 37.7 cm³/mol. The van der Waals surface area contributed by atoms with E-state index in [0.717, 1.165) is 0 Å². The van der Waals surface area contributed by atoms with Gasteiger partial charge in [0.1, 0.15) is 12.1 Å². The zero-order chi connectivity index (χ0) is 8.27. The molecule has 0 heterocycles. The first kappa shape index (κ1) is 7.94. The molecule has 60 valence electrons. The number of rotatable bonds is 2. The van der Waals surface area contributed by atoms with E-state index in [1.54, 1.807) is 12.2 Å². The van der Waals surface area contributed by atoms with Gasteiger partial charge < -0.3 is 10.5 Å². The van der Waals surface area contributed by atoms with Crippen molar-refractivity contribution in [2.45, 2.75) is 18.6 Å². The Bertz CT molecular complexity index is 200. The van der Waals surface area contributed by atoms with E-state index in [2.05, 4.69) is 4.74 Å². The summed E-state index contributed by atoms with van der Waals surface area (Å²) in [6.45, 7) is 0.299. The smallest absolute Gasteiger partial charge is 0.293 e. The van der Waals surface area contributed by atoms with Crippen molar-refractivity contribution >= 4 is 12.3 Å². The van der Waals surface area contributed by atoms with Gasteiger partial charge in [0.2, 0.25) is 0 Å². The van der Waals surface area contributed by atoms with Crippen molar-refractivity contribution in [1.82, 2.24) is 0 Å². The van der Waals surface area contributed by atoms with Crippen molar-refractivity contribution < 1.29 is 14.3 Å². The molecule has 0 fully saturated rings. The summed E-state index contributed by atoms with van der Waals surface area (Å²) in [6.07, 6.45) is 3.04. The minimum atomic E-state index is -0.690. The summed E-state index contributed by atoms with van der Waals surface area (Å²) in [6, 6.07) is -0.690. The highest BCUT2D eigenvalue weighted by Crippen LogP contribution is 2.08. The highest BCUT2D eigenvalue weighted by Gasteiger charge is 2.25. The van der Waals surface area contributed by atoms with Gasteiger partial charge in [-0.2, -0.15) is 0 Å². The van der Waals surface area contributed by atoms with Crippen LogP contribution < -0.4 is 5.73 Å². The van der Waals surface area contributed by atoms with Crippen molar-refractivity contribution in [3.8, 4) is 0 Å². The second kappa shape index (κ2) is 3.30. The zero-order valence-corrected chi connectivity index (χ0v) is 5.90. The molecule has 0 aliphatic heterocycles. The van der Waals surface area contributed by atoms with Crippen LogP contribution in [-0.2, 0) is 14.3 Å². The molecule has 4 nitrogen and oxygen atoms in total. The van der Waals surface area contributed by atoms with Crippen LogP contribution in [0, 0.1) is 0 Å². The lowest BCUT2D eigenvalue weighted by molar-refractivity contribution is -0.135. The third kappa shape index (κ3) is 1.65. The van der Waals surface area contributed by atoms with Gasteiger partial charge in [0.15, 0.2) is 5.78 Å². The Kier molecular flexibility index (Phi) is 2.38. The van der Waals surface area contributed by atoms with Crippen molar-refractivity contribution in [3.63, 3.8) is 0 Å². The molecule has 0 saturated heterocycles. The van der Waals surface area contributed by atoms with Crippen LogP contribution in [0.25, 0.3) is 0 Å². The van der Waals surface area contributed by atoms with Gasteiger partial charge in [0.05, 0.1) is 0 Å². The quantitative estimate of drug-likeness (QED) is 0.426. The first-order valence-corrected chi connectivity index (χ1v) is 3.30. The third-order valence-corrected chi connectivity index (χ3v) is 1.58. The molecule has 1 rings (SSSR count). The van der Waals surface area contributed by atoms with Gasteiger partial charge >= 0.3 is 0 Å². The van der Waals surface area contributed by atoms with Crippen LogP contribution in [0.15, 0.2) is 12.2 Å². The van der Waals surface area contributed by atoms with Crippen molar-refractivity contribution in [2.24, 2.45) is 5.73 Å². The van der Waals surface area contributed by atoms with E-state index >= 15 is 0 Å². The summed E-state index contributed by atoms with van der Waals surface area (Å²) in [5, 5.41) is 0. The van der Waals surface area contributed by atoms with Crippen LogP contribution >= 0.6 is 0 Å². The summed E-state index contributed by atoms with van der Waals surface area (Å²) >= 11 is 0. The molecular weight excluding hydrogens is 146 g/mol. The van der Waals surface area contributed by atoms with Gasteiger partial charge in [0, 0.05) is 6.42 Å². The normalized spacial score (nSPS) is 30.1. The fraction of sp³-hybridized carbons (Fsp3) is 0.429. The van der Waals surface area contributed by atoms with Gasteiger partial charge in [-0.3, -0.25) is 9.59 Å². The summed E-state index contributed by atoms with van der Waals surface area (Å²) in [5.41, 5.74) is 5.42. The van der Waals surface area contributed by atoms with Crippen molar-refractivity contribution in [1.29, 1.82) is 0 Å². The van der Waals surface area contributed by atoms with Crippen molar-refractivity contribution in [2.75, 3.05) is 0 Å². The molecule has 11 heavy (non-hydrogen) atoms. The minimum absolute atomic E-state index is 0.0978. The monoisotopic (exact) mass is 155 g/mol. The number of carbonyl (C=O) groups is 2. The molecule has 0 spiro atoms. The Labute approximate surface area is 64.0 Å². The van der Waals surface area contributed by atoms with Gasteiger partial charge in [0.25, 0.3) is 6.47 Å². The number of nitrogens with two attached hydrogens (primary N) is 1. The standard InChI is InChI=1S/C7H9NO3/c8-7-5(10)2-1-3-6(7)11-4-9/h1,3-4,6-7H,2,8H2/t6-,7-/m1/s1. The number of hydrogen-bond donors (Lipinski definition) is 1. The van der Waals surface area contributed by atoms with Crippen LogP contribution in [-0.4, -0.2) is 24.4 Å². The summed E-state index contributed by atoms with van der Waals surface area (Å²) in [5.74, 6) is -0.0978. The van der Waals surface area contributed by atoms with Gasteiger partial charge in [-0.05, 0) is 6.08 Å². The van der Waals surface area contributed by atoms with Gasteiger partial charge in [-0.1, -0.05) is 6.08 Å². The number of allylic oxidation sites excluding steroid dienone is 1. The van der Waals surface area contributed by atoms with Crippen LogP contribution in [0.1, 0.15) is 6.42 Å². The van der Waals surface area contributed by atoms with Crippen LogP contribution in [0.3, 0.4) is 0 Å². The van der Waals surface area contributed by atoms with E-state index in [1.807, 2.05) is 0 Å². The first-order chi connectivity index (χ1) is 5.25. The fourth-order valence-corrected chi connectivity index (χ4v) is 0.951. The molecule has 1 aliphatic carbocycles. The van der Waals surface area contributed by atoms with E-state index < -0.39 is 12.1 Å². The lowest BCUT2D eigenvalue weighted by Crippen LogP contribution is -2.43. The van der Waals surface area contributed by atoms with Gasteiger partial charge in [-0.25, -0.2) is 0 Å².